The second-order valence-corrected chi connectivity index (χ2v) is 4.31. The van der Waals surface area contributed by atoms with Crippen molar-refractivity contribution in [1.29, 1.82) is 0 Å². The summed E-state index contributed by atoms with van der Waals surface area (Å²) in [7, 11) is 0. The van der Waals surface area contributed by atoms with Crippen molar-refractivity contribution in [3.63, 3.8) is 0 Å². The Kier molecular flexibility index (Phi) is 3.72. The van der Waals surface area contributed by atoms with Crippen molar-refractivity contribution in [2.45, 2.75) is 45.7 Å². The van der Waals surface area contributed by atoms with Gasteiger partial charge in [-0.25, -0.2) is 4.68 Å². The molecule has 1 aliphatic heterocycles. The van der Waals surface area contributed by atoms with Gasteiger partial charge in [-0.3, -0.25) is 4.79 Å². The van der Waals surface area contributed by atoms with Crippen molar-refractivity contribution in [2.24, 2.45) is 0 Å². The lowest BCUT2D eigenvalue weighted by Gasteiger charge is -2.16. The van der Waals surface area contributed by atoms with Gasteiger partial charge >= 0.3 is 0 Å². The molecule has 1 aromatic heterocycles. The Balaban J connectivity index is 2.16. The molecule has 88 valence electrons. The fourth-order valence-corrected chi connectivity index (χ4v) is 2.03. The van der Waals surface area contributed by atoms with Gasteiger partial charge in [-0.05, 0) is 12.0 Å². The SMILES string of the molecule is CCCCCn1nc2c(cc1=O)CNCC2. The van der Waals surface area contributed by atoms with Crippen molar-refractivity contribution < 1.29 is 0 Å². The van der Waals surface area contributed by atoms with Gasteiger partial charge < -0.3 is 5.32 Å². The highest BCUT2D eigenvalue weighted by Crippen LogP contribution is 2.07. The first-order chi connectivity index (χ1) is 7.81. The van der Waals surface area contributed by atoms with Gasteiger partial charge in [0.15, 0.2) is 0 Å². The zero-order chi connectivity index (χ0) is 11.4. The molecule has 0 aliphatic carbocycles. The van der Waals surface area contributed by atoms with Crippen LogP contribution in [0.1, 0.15) is 37.4 Å². The molecule has 0 amide bonds. The predicted molar refractivity (Wildman–Crippen MR) is 63.4 cm³/mol. The Morgan fingerprint density at radius 2 is 2.38 bits per heavy atom. The number of aryl methyl sites for hydroxylation is 1. The molecule has 1 aliphatic rings. The highest BCUT2D eigenvalue weighted by molar-refractivity contribution is 5.20. The van der Waals surface area contributed by atoms with Crippen LogP contribution in [-0.4, -0.2) is 16.3 Å². The van der Waals surface area contributed by atoms with Gasteiger partial charge in [0.1, 0.15) is 0 Å². The van der Waals surface area contributed by atoms with Crippen molar-refractivity contribution in [1.82, 2.24) is 15.1 Å². The Hall–Kier alpha value is -1.16. The van der Waals surface area contributed by atoms with E-state index in [-0.39, 0.29) is 5.56 Å². The lowest BCUT2D eigenvalue weighted by atomic mass is 10.1. The van der Waals surface area contributed by atoms with Crippen LogP contribution in [0.4, 0.5) is 0 Å². The zero-order valence-electron chi connectivity index (χ0n) is 9.83. The van der Waals surface area contributed by atoms with Crippen molar-refractivity contribution in [3.8, 4) is 0 Å². The Bertz CT molecular complexity index is 411. The Morgan fingerprint density at radius 3 is 3.19 bits per heavy atom. The first kappa shape index (κ1) is 11.3. The summed E-state index contributed by atoms with van der Waals surface area (Å²) in [6, 6.07) is 1.74. The number of nitrogens with one attached hydrogen (secondary N) is 1. The molecule has 2 heterocycles. The number of rotatable bonds is 4. The van der Waals surface area contributed by atoms with Crippen molar-refractivity contribution >= 4 is 0 Å². The van der Waals surface area contributed by atoms with Gasteiger partial charge in [0.25, 0.3) is 5.56 Å². The van der Waals surface area contributed by atoms with E-state index in [9.17, 15) is 4.79 Å². The summed E-state index contributed by atoms with van der Waals surface area (Å²) >= 11 is 0. The predicted octanol–water partition coefficient (Wildman–Crippen LogP) is 1.08. The zero-order valence-corrected chi connectivity index (χ0v) is 9.83. The third kappa shape index (κ3) is 2.50. The quantitative estimate of drug-likeness (QED) is 0.774. The molecule has 4 heteroatoms. The number of unbranched alkanes of at least 4 members (excludes halogenated alkanes) is 2. The number of hydrogen-bond donors (Lipinski definition) is 1. The minimum atomic E-state index is 0.0403. The van der Waals surface area contributed by atoms with Crippen LogP contribution < -0.4 is 10.9 Å². The van der Waals surface area contributed by atoms with Gasteiger partial charge in [-0.15, -0.1) is 0 Å². The van der Waals surface area contributed by atoms with Crippen LogP contribution in [0.15, 0.2) is 10.9 Å². The Morgan fingerprint density at radius 1 is 1.50 bits per heavy atom. The maximum atomic E-state index is 11.8. The minimum Gasteiger partial charge on any atom is -0.312 e. The number of nitrogens with zero attached hydrogens (tertiary/aromatic N) is 2. The highest BCUT2D eigenvalue weighted by Gasteiger charge is 2.12. The number of hydrogen-bond acceptors (Lipinski definition) is 3. The normalized spacial score (nSPS) is 14.8. The molecule has 4 nitrogen and oxygen atoms in total. The molecule has 0 aromatic carbocycles. The molecule has 0 spiro atoms. The molecular formula is C12H19N3O. The second kappa shape index (κ2) is 5.25. The summed E-state index contributed by atoms with van der Waals surface area (Å²) in [5, 5.41) is 7.70. The molecule has 0 bridgehead atoms. The van der Waals surface area contributed by atoms with Crippen LogP contribution in [0.25, 0.3) is 0 Å². The summed E-state index contributed by atoms with van der Waals surface area (Å²) in [6.07, 6.45) is 4.31. The Labute approximate surface area is 95.7 Å². The third-order valence-electron chi connectivity index (χ3n) is 2.99. The summed E-state index contributed by atoms with van der Waals surface area (Å²) in [6.45, 7) is 4.67. The van der Waals surface area contributed by atoms with E-state index in [4.69, 9.17) is 0 Å². The summed E-state index contributed by atoms with van der Waals surface area (Å²) in [5.41, 5.74) is 2.20. The fourth-order valence-electron chi connectivity index (χ4n) is 2.03. The largest absolute Gasteiger partial charge is 0.312 e. The van der Waals surface area contributed by atoms with Gasteiger partial charge in [0.05, 0.1) is 5.69 Å². The monoisotopic (exact) mass is 221 g/mol. The second-order valence-electron chi connectivity index (χ2n) is 4.31. The van der Waals surface area contributed by atoms with Gasteiger partial charge in [-0.2, -0.15) is 5.10 Å². The van der Waals surface area contributed by atoms with E-state index in [0.29, 0.717) is 0 Å². The molecule has 0 saturated heterocycles. The van der Waals surface area contributed by atoms with Crippen LogP contribution in [0.3, 0.4) is 0 Å². The summed E-state index contributed by atoms with van der Waals surface area (Å²) in [4.78, 5) is 11.8. The van der Waals surface area contributed by atoms with E-state index in [2.05, 4.69) is 17.3 Å². The molecule has 2 rings (SSSR count). The molecule has 0 fully saturated rings. The molecule has 0 unspecified atom stereocenters. The van der Waals surface area contributed by atoms with Crippen LogP contribution >= 0.6 is 0 Å². The smallest absolute Gasteiger partial charge is 0.267 e. The molecule has 1 N–H and O–H groups in total. The summed E-state index contributed by atoms with van der Waals surface area (Å²) in [5.74, 6) is 0. The number of fused-ring (bicyclic) bond motifs is 1. The molecule has 16 heavy (non-hydrogen) atoms. The van der Waals surface area contributed by atoms with Gasteiger partial charge in [0, 0.05) is 32.1 Å². The van der Waals surface area contributed by atoms with E-state index in [1.807, 2.05) is 0 Å². The molecule has 1 aromatic rings. The van der Waals surface area contributed by atoms with Crippen LogP contribution in [0, 0.1) is 0 Å². The van der Waals surface area contributed by atoms with E-state index >= 15 is 0 Å². The molecule has 0 saturated carbocycles. The standard InChI is InChI=1S/C12H19N3O/c1-2-3-4-7-15-12(16)8-10-9-13-6-5-11(10)14-15/h8,13H,2-7,9H2,1H3. The van der Waals surface area contributed by atoms with E-state index in [0.717, 1.165) is 50.2 Å². The molecule has 0 atom stereocenters. The topological polar surface area (TPSA) is 46.9 Å². The van der Waals surface area contributed by atoms with E-state index in [1.54, 1.807) is 10.7 Å². The average molecular weight is 221 g/mol. The number of aromatic nitrogens is 2. The highest BCUT2D eigenvalue weighted by atomic mass is 16.1. The van der Waals surface area contributed by atoms with Crippen molar-refractivity contribution in [2.75, 3.05) is 6.54 Å². The van der Waals surface area contributed by atoms with Gasteiger partial charge in [0.2, 0.25) is 0 Å². The van der Waals surface area contributed by atoms with Gasteiger partial charge in [-0.1, -0.05) is 19.8 Å². The maximum absolute atomic E-state index is 11.8. The van der Waals surface area contributed by atoms with Crippen LogP contribution in [0.5, 0.6) is 0 Å². The van der Waals surface area contributed by atoms with E-state index < -0.39 is 0 Å². The first-order valence-corrected chi connectivity index (χ1v) is 6.12. The first-order valence-electron chi connectivity index (χ1n) is 6.12. The van der Waals surface area contributed by atoms with E-state index in [1.165, 1.54) is 6.42 Å². The third-order valence-corrected chi connectivity index (χ3v) is 2.99. The average Bonchev–Trinajstić information content (AvgIpc) is 2.30. The lowest BCUT2D eigenvalue weighted by Crippen LogP contribution is -2.31. The molecule has 0 radical (unpaired) electrons. The summed E-state index contributed by atoms with van der Waals surface area (Å²) < 4.78 is 1.62. The van der Waals surface area contributed by atoms with Crippen molar-refractivity contribution in [3.05, 3.63) is 27.7 Å². The lowest BCUT2D eigenvalue weighted by molar-refractivity contribution is 0.502. The minimum absolute atomic E-state index is 0.0403. The fraction of sp³-hybridized carbons (Fsp3) is 0.667. The molecular weight excluding hydrogens is 202 g/mol. The van der Waals surface area contributed by atoms with Crippen LogP contribution in [0.2, 0.25) is 0 Å². The maximum Gasteiger partial charge on any atom is 0.267 e. The van der Waals surface area contributed by atoms with Crippen LogP contribution in [-0.2, 0) is 19.5 Å².